The number of rotatable bonds is 7. The minimum atomic E-state index is -1.37. The Bertz CT molecular complexity index is 1550. The van der Waals surface area contributed by atoms with E-state index in [0.717, 1.165) is 0 Å². The number of nitrogens with one attached hydrogen (secondary N) is 5. The van der Waals surface area contributed by atoms with Crippen LogP contribution in [0.2, 0.25) is 0 Å². The van der Waals surface area contributed by atoms with Crippen molar-refractivity contribution in [2.24, 2.45) is 11.5 Å². The Hall–Kier alpha value is -5.51. The van der Waals surface area contributed by atoms with E-state index in [0.29, 0.717) is 36.8 Å². The van der Waals surface area contributed by atoms with E-state index in [9.17, 15) is 38.7 Å². The number of nitrogens with two attached hydrogens (primary N) is 2. The van der Waals surface area contributed by atoms with Gasteiger partial charge in [0, 0.05) is 13.1 Å². The Morgan fingerprint density at radius 2 is 1.60 bits per heavy atom. The van der Waals surface area contributed by atoms with Crippen LogP contribution in [0.15, 0.2) is 54.6 Å². The second-order valence-corrected chi connectivity index (χ2v) is 12.4. The molecule has 50 heavy (non-hydrogen) atoms. The molecule has 0 aromatic heterocycles. The fourth-order valence-electron chi connectivity index (χ4n) is 5.92. The first-order chi connectivity index (χ1) is 23.9. The van der Waals surface area contributed by atoms with E-state index in [1.165, 1.54) is 17.0 Å². The lowest BCUT2D eigenvalue weighted by Gasteiger charge is -2.29. The summed E-state index contributed by atoms with van der Waals surface area (Å²) in [6.45, 7) is -0.160. The minimum absolute atomic E-state index is 0.0646. The van der Waals surface area contributed by atoms with Crippen molar-refractivity contribution in [3.8, 4) is 5.75 Å². The molecule has 0 radical (unpaired) electrons. The monoisotopic (exact) mass is 692 g/mol. The number of likely N-dealkylation sites (tertiary alicyclic amines) is 1. The van der Waals surface area contributed by atoms with Gasteiger partial charge in [-0.3, -0.25) is 33.6 Å². The Kier molecular flexibility index (Phi) is 13.3. The summed E-state index contributed by atoms with van der Waals surface area (Å²) in [5.41, 5.74) is 12.7. The maximum atomic E-state index is 13.7. The molecule has 2 saturated heterocycles. The van der Waals surface area contributed by atoms with Gasteiger partial charge in [0.2, 0.25) is 41.4 Å². The van der Waals surface area contributed by atoms with Gasteiger partial charge in [0.15, 0.2) is 0 Å². The molecule has 16 nitrogen and oxygen atoms in total. The zero-order valence-corrected chi connectivity index (χ0v) is 27.6. The van der Waals surface area contributed by atoms with Crippen molar-refractivity contribution < 1.29 is 38.7 Å². The third kappa shape index (κ3) is 10.5. The van der Waals surface area contributed by atoms with E-state index in [-0.39, 0.29) is 31.7 Å². The number of carbonyl (C=O) groups is 7. The lowest BCUT2D eigenvalue weighted by Crippen LogP contribution is -2.56. The second-order valence-electron chi connectivity index (χ2n) is 12.4. The van der Waals surface area contributed by atoms with Crippen LogP contribution in [0.4, 0.5) is 0 Å². The van der Waals surface area contributed by atoms with Crippen molar-refractivity contribution in [1.82, 2.24) is 31.5 Å². The maximum absolute atomic E-state index is 13.7. The smallest absolute Gasteiger partial charge is 0.247 e. The van der Waals surface area contributed by atoms with Crippen LogP contribution < -0.4 is 38.1 Å². The molecule has 2 aromatic rings. The Balaban J connectivity index is 1.52. The highest BCUT2D eigenvalue weighted by Gasteiger charge is 2.38. The van der Waals surface area contributed by atoms with E-state index >= 15 is 0 Å². The van der Waals surface area contributed by atoms with Crippen LogP contribution in [0, 0.1) is 0 Å². The number of nitrogens with zero attached hydrogens (tertiary/aromatic N) is 1. The molecule has 0 aliphatic carbocycles. The molecule has 0 saturated carbocycles. The zero-order valence-electron chi connectivity index (χ0n) is 27.6. The zero-order chi connectivity index (χ0) is 36.2. The molecule has 5 atom stereocenters. The Morgan fingerprint density at radius 3 is 2.30 bits per heavy atom. The van der Waals surface area contributed by atoms with Gasteiger partial charge in [-0.2, -0.15) is 0 Å². The van der Waals surface area contributed by atoms with Crippen LogP contribution in [0.25, 0.3) is 0 Å². The minimum Gasteiger partial charge on any atom is -0.508 e. The standard InChI is InChI=1S/C34H44N8O8/c35-23(17-20-11-13-22(43)14-12-20)31(47)39-24-9-4-5-15-37-27(44)18-25(34(50)42-16-6-10-26(42)30(36)46)40-33(49)29(21-7-2-1-3-8-21)41-28(45)19-38-32(24)48/h1-3,7-8,11-14,23-26,29,43H,4-6,9-10,15-19,35H2,(H2,36,46)(H,37,44)(H,38,48)(H,39,47)(H,40,49)(H,41,45)/t23-,24+,25+,26-,29-/m0/s1. The molecule has 16 heteroatoms. The molecular formula is C34H44N8O8. The number of hydrogen-bond acceptors (Lipinski definition) is 9. The molecule has 7 amide bonds. The first-order valence-electron chi connectivity index (χ1n) is 16.6. The van der Waals surface area contributed by atoms with Crippen molar-refractivity contribution in [3.63, 3.8) is 0 Å². The molecule has 268 valence electrons. The van der Waals surface area contributed by atoms with Crippen LogP contribution in [-0.4, -0.2) is 95.2 Å². The fraction of sp³-hybridized carbons (Fsp3) is 0.441. The average molecular weight is 693 g/mol. The van der Waals surface area contributed by atoms with Gasteiger partial charge in [-0.1, -0.05) is 42.5 Å². The third-order valence-corrected chi connectivity index (χ3v) is 8.60. The lowest BCUT2D eigenvalue weighted by molar-refractivity contribution is -0.142. The van der Waals surface area contributed by atoms with E-state index in [1.54, 1.807) is 42.5 Å². The van der Waals surface area contributed by atoms with Crippen molar-refractivity contribution in [1.29, 1.82) is 0 Å². The number of primary amides is 1. The Labute approximate surface area is 289 Å². The van der Waals surface area contributed by atoms with Crippen LogP contribution in [0.5, 0.6) is 5.75 Å². The number of phenolic OH excluding ortho intramolecular Hbond substituents is 1. The first-order valence-corrected chi connectivity index (χ1v) is 16.6. The summed E-state index contributed by atoms with van der Waals surface area (Å²) in [5.74, 6) is -4.62. The lowest BCUT2D eigenvalue weighted by atomic mass is 10.0. The van der Waals surface area contributed by atoms with Gasteiger partial charge >= 0.3 is 0 Å². The fourth-order valence-corrected chi connectivity index (χ4v) is 5.92. The van der Waals surface area contributed by atoms with Crippen LogP contribution >= 0.6 is 0 Å². The van der Waals surface area contributed by atoms with E-state index in [2.05, 4.69) is 26.6 Å². The molecule has 4 rings (SSSR count). The van der Waals surface area contributed by atoms with Crippen molar-refractivity contribution in [2.45, 2.75) is 75.2 Å². The summed E-state index contributed by atoms with van der Waals surface area (Å²) in [7, 11) is 0. The number of benzene rings is 2. The molecule has 2 aliphatic rings. The molecule has 10 N–H and O–H groups in total. The molecule has 0 unspecified atom stereocenters. The van der Waals surface area contributed by atoms with Crippen LogP contribution in [0.3, 0.4) is 0 Å². The normalized spacial score (nSPS) is 23.3. The number of phenols is 1. The van der Waals surface area contributed by atoms with Gasteiger partial charge in [0.05, 0.1) is 19.0 Å². The average Bonchev–Trinajstić information content (AvgIpc) is 3.60. The summed E-state index contributed by atoms with van der Waals surface area (Å²) in [6, 6.07) is 8.72. The van der Waals surface area contributed by atoms with Gasteiger partial charge in [0.25, 0.3) is 0 Å². The van der Waals surface area contributed by atoms with Crippen molar-refractivity contribution in [2.75, 3.05) is 19.6 Å². The van der Waals surface area contributed by atoms with E-state index < -0.39 is 84.5 Å². The Morgan fingerprint density at radius 1 is 0.880 bits per heavy atom. The summed E-state index contributed by atoms with van der Waals surface area (Å²) in [6.07, 6.45) is 1.49. The number of amides is 7. The summed E-state index contributed by atoms with van der Waals surface area (Å²) in [4.78, 5) is 93.1. The molecule has 0 spiro atoms. The predicted octanol–water partition coefficient (Wildman–Crippen LogP) is -1.63. The highest BCUT2D eigenvalue weighted by Crippen LogP contribution is 2.20. The van der Waals surface area contributed by atoms with Gasteiger partial charge in [-0.05, 0) is 61.8 Å². The van der Waals surface area contributed by atoms with Crippen LogP contribution in [0.1, 0.15) is 55.7 Å². The second kappa shape index (κ2) is 17.8. The van der Waals surface area contributed by atoms with Gasteiger partial charge < -0.3 is 48.1 Å². The predicted molar refractivity (Wildman–Crippen MR) is 179 cm³/mol. The van der Waals surface area contributed by atoms with Crippen molar-refractivity contribution in [3.05, 3.63) is 65.7 Å². The van der Waals surface area contributed by atoms with Gasteiger partial charge in [0.1, 0.15) is 29.9 Å². The molecule has 2 aliphatic heterocycles. The summed E-state index contributed by atoms with van der Waals surface area (Å²) < 4.78 is 0. The summed E-state index contributed by atoms with van der Waals surface area (Å²) in [5, 5.41) is 22.6. The highest BCUT2D eigenvalue weighted by atomic mass is 16.3. The molecule has 2 aromatic carbocycles. The number of hydrogen-bond donors (Lipinski definition) is 8. The van der Waals surface area contributed by atoms with E-state index in [4.69, 9.17) is 11.5 Å². The number of carbonyl (C=O) groups excluding carboxylic acids is 7. The summed E-state index contributed by atoms with van der Waals surface area (Å²) >= 11 is 0. The topological polar surface area (TPSA) is 255 Å². The third-order valence-electron chi connectivity index (χ3n) is 8.60. The first kappa shape index (κ1) is 37.3. The quantitative estimate of drug-likeness (QED) is 0.166. The van der Waals surface area contributed by atoms with Crippen molar-refractivity contribution >= 4 is 41.4 Å². The highest BCUT2D eigenvalue weighted by molar-refractivity contribution is 5.97. The number of aromatic hydroxyl groups is 1. The van der Waals surface area contributed by atoms with E-state index in [1.807, 2.05) is 0 Å². The molecule has 2 fully saturated rings. The molecular weight excluding hydrogens is 648 g/mol. The van der Waals surface area contributed by atoms with Gasteiger partial charge in [-0.15, -0.1) is 0 Å². The SMILES string of the molecule is NC(=O)[C@@H]1CCCN1C(=O)[C@H]1CC(=O)NCCCC[C@@H](NC(=O)[C@@H](N)Cc2ccc(O)cc2)C(=O)NCC(=O)N[C@@H](c2ccccc2)C(=O)N1. The van der Waals surface area contributed by atoms with Gasteiger partial charge in [-0.25, -0.2) is 0 Å². The maximum Gasteiger partial charge on any atom is 0.247 e. The molecule has 2 heterocycles. The largest absolute Gasteiger partial charge is 0.508 e. The van der Waals surface area contributed by atoms with Crippen LogP contribution in [-0.2, 0) is 40.0 Å². The molecule has 0 bridgehead atoms.